The number of phenolic OH excluding ortho intramolecular Hbond substituents is 1. The molecule has 19 heteroatoms. The smallest absolute Gasteiger partial charge is 0.351 e. The SMILES string of the molecule is C.CCOP(=O)(Cn1ccc(NC(=O)c2cc(O[C@@H](C)COC)cc(O[C@@H](C)Cc3ccccc3)c2)n1)OCC.COC(=O)c1cc(O)cc(OCc2ccccc2)c1.COC[C@H](C)Oc1cc(O[C@@H](C)Cc2ccccc2)cc(C(C)=O)c1. The second-order valence-electron chi connectivity index (χ2n) is 19.2. The minimum Gasteiger partial charge on any atom is -0.508 e. The van der Waals surface area contributed by atoms with E-state index in [1.807, 2.05) is 113 Å². The number of amides is 1. The molecule has 4 atom stereocenters. The molecular weight excluding hydrogens is 1090 g/mol. The van der Waals surface area contributed by atoms with Gasteiger partial charge >= 0.3 is 13.6 Å². The molecule has 6 aromatic carbocycles. The molecule has 18 nitrogen and oxygen atoms in total. The lowest BCUT2D eigenvalue weighted by Crippen LogP contribution is -2.20. The first kappa shape index (κ1) is 68.5. The number of ketones is 1. The number of aromatic hydroxyl groups is 1. The van der Waals surface area contributed by atoms with Gasteiger partial charge in [-0.15, -0.1) is 0 Å². The number of hydrogen-bond donors (Lipinski definition) is 2. The molecule has 0 unspecified atom stereocenters. The van der Waals surface area contributed by atoms with E-state index in [9.17, 15) is 24.1 Å². The Bertz CT molecular complexity index is 3120. The van der Waals surface area contributed by atoms with Crippen LogP contribution in [0.5, 0.6) is 34.5 Å². The van der Waals surface area contributed by atoms with Crippen LogP contribution in [-0.4, -0.2) is 105 Å². The summed E-state index contributed by atoms with van der Waals surface area (Å²) in [6.07, 6.45) is 2.53. The lowest BCUT2D eigenvalue weighted by Gasteiger charge is -2.19. The molecule has 0 radical (unpaired) electrons. The fraction of sp³-hybridized carbons (Fsp3) is 0.354. The van der Waals surface area contributed by atoms with Crippen molar-refractivity contribution in [1.82, 2.24) is 9.78 Å². The zero-order valence-corrected chi connectivity index (χ0v) is 49.9. The van der Waals surface area contributed by atoms with Gasteiger partial charge in [0.2, 0.25) is 0 Å². The zero-order chi connectivity index (χ0) is 60.2. The fourth-order valence-electron chi connectivity index (χ4n) is 8.22. The van der Waals surface area contributed by atoms with Crippen LogP contribution in [0.4, 0.5) is 5.82 Å². The van der Waals surface area contributed by atoms with Crippen molar-refractivity contribution in [2.75, 3.05) is 53.1 Å². The maximum Gasteiger partial charge on any atom is 0.351 e. The molecule has 0 spiro atoms. The van der Waals surface area contributed by atoms with E-state index in [4.69, 9.17) is 42.2 Å². The standard InChI is InChI=1S/C28H38N3O7P.C21H26O4.C15H14O4.CH4/c1-6-35-39(33,36-7-2)20-31-14-13-27(30-31)29-28(32)24-16-25(18-26(17-24)38-22(4)19-34-5)37-21(3)15-23-11-9-8-10-12-23;1-15(10-18-8-6-5-7-9-18)24-20-11-19(17(3)22)12-21(13-20)25-16(2)14-23-4;1-18-15(17)12-7-13(16)9-14(8-12)19-10-11-5-3-2-4-6-11;/h8-14,16-18,21-22H,6-7,15,19-20H2,1-5H3,(H,29,30,32);5-9,11-13,15-16H,10,14H2,1-4H3;2-9,16H,10H2,1H3;1H4/t21-,22-;15-,16-;;/m00../s1. The number of Topliss-reactive ketones (excluding diaryl/α,β-unsaturated/α-hetero) is 1. The zero-order valence-electron chi connectivity index (χ0n) is 49.0. The number of carbonyl (C=O) groups is 3. The average Bonchev–Trinajstić information content (AvgIpc) is 4.01. The van der Waals surface area contributed by atoms with E-state index < -0.39 is 19.5 Å². The number of anilines is 1. The van der Waals surface area contributed by atoms with Gasteiger partial charge in [0.05, 0.1) is 51.3 Å². The third kappa shape index (κ3) is 24.5. The summed E-state index contributed by atoms with van der Waals surface area (Å²) in [7, 11) is 1.17. The van der Waals surface area contributed by atoms with Gasteiger partial charge in [0.15, 0.2) is 11.6 Å². The molecule has 0 aliphatic heterocycles. The molecule has 7 aromatic rings. The highest BCUT2D eigenvalue weighted by Crippen LogP contribution is 2.49. The summed E-state index contributed by atoms with van der Waals surface area (Å²) in [5.74, 6) is 1.97. The van der Waals surface area contributed by atoms with Crippen molar-refractivity contribution in [2.45, 2.75) is 106 Å². The van der Waals surface area contributed by atoms with Gasteiger partial charge in [0.25, 0.3) is 5.91 Å². The molecule has 1 heterocycles. The number of benzene rings is 6. The first-order valence-electron chi connectivity index (χ1n) is 27.3. The second-order valence-corrected chi connectivity index (χ2v) is 21.2. The molecular formula is C65H82N3O15P. The fourth-order valence-corrected chi connectivity index (χ4v) is 9.76. The van der Waals surface area contributed by atoms with Crippen molar-refractivity contribution in [2.24, 2.45) is 0 Å². The minimum atomic E-state index is -3.35. The molecule has 84 heavy (non-hydrogen) atoms. The predicted octanol–water partition coefficient (Wildman–Crippen LogP) is 13.5. The van der Waals surface area contributed by atoms with Crippen molar-refractivity contribution in [1.29, 1.82) is 0 Å². The molecule has 1 aromatic heterocycles. The molecule has 2 N–H and O–H groups in total. The Kier molecular flexibility index (Phi) is 29.3. The number of nitrogens with zero attached hydrogens (tertiary/aromatic N) is 2. The summed E-state index contributed by atoms with van der Waals surface area (Å²) in [6.45, 7) is 14.5. The second kappa shape index (κ2) is 35.9. The van der Waals surface area contributed by atoms with Crippen LogP contribution in [0, 0.1) is 0 Å². The van der Waals surface area contributed by atoms with Crippen LogP contribution in [0.2, 0.25) is 0 Å². The van der Waals surface area contributed by atoms with E-state index >= 15 is 0 Å². The van der Waals surface area contributed by atoms with E-state index in [-0.39, 0.29) is 68.4 Å². The van der Waals surface area contributed by atoms with Crippen molar-refractivity contribution >= 4 is 31.1 Å². The molecule has 0 saturated carbocycles. The molecule has 0 saturated heterocycles. The van der Waals surface area contributed by atoms with Crippen molar-refractivity contribution in [3.05, 3.63) is 191 Å². The molecule has 0 aliphatic rings. The van der Waals surface area contributed by atoms with E-state index in [1.54, 1.807) is 70.7 Å². The average molecular weight is 1180 g/mol. The van der Waals surface area contributed by atoms with Gasteiger partial charge < -0.3 is 57.4 Å². The van der Waals surface area contributed by atoms with Gasteiger partial charge in [0.1, 0.15) is 59.6 Å². The van der Waals surface area contributed by atoms with Crippen LogP contribution in [-0.2, 0) is 53.6 Å². The summed E-state index contributed by atoms with van der Waals surface area (Å²) in [6, 6.07) is 46.2. The van der Waals surface area contributed by atoms with Crippen LogP contribution in [0.25, 0.3) is 0 Å². The van der Waals surface area contributed by atoms with E-state index in [0.29, 0.717) is 71.9 Å². The number of hydrogen-bond acceptors (Lipinski definition) is 16. The first-order chi connectivity index (χ1) is 39.9. The normalized spacial score (nSPS) is 12.2. The third-order valence-electron chi connectivity index (χ3n) is 11.7. The van der Waals surface area contributed by atoms with E-state index in [1.165, 1.54) is 42.5 Å². The van der Waals surface area contributed by atoms with Gasteiger partial charge in [-0.25, -0.2) is 4.79 Å². The number of phenols is 1. The summed E-state index contributed by atoms with van der Waals surface area (Å²) < 4.78 is 69.3. The Morgan fingerprint density at radius 3 is 1.45 bits per heavy atom. The Morgan fingerprint density at radius 2 is 1.01 bits per heavy atom. The number of rotatable bonds is 29. The van der Waals surface area contributed by atoms with Crippen molar-refractivity contribution in [3.8, 4) is 34.5 Å². The number of methoxy groups -OCH3 is 3. The monoisotopic (exact) mass is 1180 g/mol. The summed E-state index contributed by atoms with van der Waals surface area (Å²) in [5, 5.41) is 16.6. The molecule has 1 amide bonds. The number of aromatic nitrogens is 2. The number of carbonyl (C=O) groups excluding carboxylic acids is 3. The summed E-state index contributed by atoms with van der Waals surface area (Å²) in [5.41, 5.74) is 4.53. The van der Waals surface area contributed by atoms with Crippen molar-refractivity contribution in [3.63, 3.8) is 0 Å². The molecule has 0 bridgehead atoms. The van der Waals surface area contributed by atoms with Crippen molar-refractivity contribution < 1.29 is 71.0 Å². The van der Waals surface area contributed by atoms with E-state index in [2.05, 4.69) is 27.3 Å². The molecule has 7 rings (SSSR count). The quantitative estimate of drug-likeness (QED) is 0.0254. The number of esters is 1. The molecule has 0 aliphatic carbocycles. The van der Waals surface area contributed by atoms with Gasteiger partial charge in [-0.05, 0) is 102 Å². The third-order valence-corrected chi connectivity index (χ3v) is 13.7. The highest BCUT2D eigenvalue weighted by molar-refractivity contribution is 7.52. The first-order valence-corrected chi connectivity index (χ1v) is 29.0. The number of nitrogens with one attached hydrogen (secondary N) is 1. The van der Waals surface area contributed by atoms with Crippen LogP contribution >= 0.6 is 7.60 Å². The highest BCUT2D eigenvalue weighted by atomic mass is 31.2. The molecule has 452 valence electrons. The maximum atomic E-state index is 13.2. The predicted molar refractivity (Wildman–Crippen MR) is 325 cm³/mol. The molecule has 0 fully saturated rings. The minimum absolute atomic E-state index is 0. The summed E-state index contributed by atoms with van der Waals surface area (Å²) in [4.78, 5) is 36.4. The number of ether oxygens (including phenoxy) is 8. The van der Waals surface area contributed by atoms with Gasteiger partial charge in [-0.3, -0.25) is 18.8 Å². The van der Waals surface area contributed by atoms with Gasteiger partial charge in [-0.2, -0.15) is 5.10 Å². The van der Waals surface area contributed by atoms with Gasteiger partial charge in [0, 0.05) is 68.7 Å². The lowest BCUT2D eigenvalue weighted by molar-refractivity contribution is 0.0599. The Balaban J connectivity index is 0.000000289. The van der Waals surface area contributed by atoms with Crippen LogP contribution in [0.3, 0.4) is 0 Å². The maximum absolute atomic E-state index is 13.2. The van der Waals surface area contributed by atoms with Crippen LogP contribution in [0.15, 0.2) is 158 Å². The van der Waals surface area contributed by atoms with Crippen LogP contribution in [0.1, 0.15) is 104 Å². The van der Waals surface area contributed by atoms with E-state index in [0.717, 1.165) is 17.5 Å². The largest absolute Gasteiger partial charge is 0.508 e. The Labute approximate surface area is 494 Å². The van der Waals surface area contributed by atoms with Gasteiger partial charge in [-0.1, -0.05) is 98.4 Å². The Morgan fingerprint density at radius 1 is 0.571 bits per heavy atom. The highest BCUT2D eigenvalue weighted by Gasteiger charge is 2.25. The summed E-state index contributed by atoms with van der Waals surface area (Å²) >= 11 is 0. The topological polar surface area (TPSA) is 211 Å². The Hall–Kier alpha value is -7.99. The lowest BCUT2D eigenvalue weighted by atomic mass is 10.1. The van der Waals surface area contributed by atoms with Crippen LogP contribution < -0.4 is 29.0 Å².